The van der Waals surface area contributed by atoms with Gasteiger partial charge in [-0.25, -0.2) is 9.97 Å². The van der Waals surface area contributed by atoms with Gasteiger partial charge in [0.05, 0.1) is 0 Å². The fourth-order valence-corrected chi connectivity index (χ4v) is 3.27. The molecule has 0 aromatic carbocycles. The third-order valence-corrected chi connectivity index (χ3v) is 4.95. The first kappa shape index (κ1) is 15.0. The highest BCUT2D eigenvalue weighted by molar-refractivity contribution is 8.76. The van der Waals surface area contributed by atoms with Gasteiger partial charge in [0, 0.05) is 50.4 Å². The largest absolute Gasteiger partial charge is 0.363 e. The highest BCUT2D eigenvalue weighted by Crippen LogP contribution is 2.37. The zero-order chi connectivity index (χ0) is 14.5. The molecule has 0 aliphatic rings. The molecule has 0 spiro atoms. The SMILES string of the molecule is CN(C)c1ccc(SSc2ccc(N(C)C)nc2)cn1. The van der Waals surface area contributed by atoms with E-state index in [1.54, 1.807) is 21.6 Å². The Morgan fingerprint density at radius 3 is 1.35 bits per heavy atom. The van der Waals surface area contributed by atoms with Crippen LogP contribution in [-0.2, 0) is 0 Å². The molecule has 0 amide bonds. The summed E-state index contributed by atoms with van der Waals surface area (Å²) in [5.74, 6) is 1.94. The quantitative estimate of drug-likeness (QED) is 0.787. The highest BCUT2D eigenvalue weighted by atomic mass is 33.1. The van der Waals surface area contributed by atoms with Crippen LogP contribution in [0.4, 0.5) is 11.6 Å². The predicted octanol–water partition coefficient (Wildman–Crippen LogP) is 3.41. The van der Waals surface area contributed by atoms with Gasteiger partial charge in [-0.2, -0.15) is 0 Å². The molecule has 0 aliphatic heterocycles. The van der Waals surface area contributed by atoms with Crippen LogP contribution < -0.4 is 9.80 Å². The lowest BCUT2D eigenvalue weighted by Crippen LogP contribution is -2.10. The average molecular weight is 306 g/mol. The maximum absolute atomic E-state index is 4.40. The third kappa shape index (κ3) is 4.05. The van der Waals surface area contributed by atoms with Crippen LogP contribution >= 0.6 is 21.6 Å². The number of pyridine rings is 2. The Morgan fingerprint density at radius 2 is 1.10 bits per heavy atom. The molecule has 0 N–H and O–H groups in total. The molecule has 2 aromatic rings. The van der Waals surface area contributed by atoms with Crippen LogP contribution in [0.3, 0.4) is 0 Å². The molecule has 0 unspecified atom stereocenters. The Kier molecular flexibility index (Phi) is 5.14. The molecule has 0 bridgehead atoms. The van der Waals surface area contributed by atoms with E-state index in [-0.39, 0.29) is 0 Å². The molecule has 2 aromatic heterocycles. The summed E-state index contributed by atoms with van der Waals surface area (Å²) in [4.78, 5) is 15.1. The molecule has 0 atom stereocenters. The van der Waals surface area contributed by atoms with Crippen molar-refractivity contribution < 1.29 is 0 Å². The van der Waals surface area contributed by atoms with Gasteiger partial charge in [-0.15, -0.1) is 0 Å². The molecule has 0 saturated heterocycles. The van der Waals surface area contributed by atoms with Crippen molar-refractivity contribution >= 4 is 33.2 Å². The summed E-state index contributed by atoms with van der Waals surface area (Å²) in [5, 5.41) is 0. The number of nitrogens with zero attached hydrogens (tertiary/aromatic N) is 4. The van der Waals surface area contributed by atoms with Crippen LogP contribution in [0.5, 0.6) is 0 Å². The summed E-state index contributed by atoms with van der Waals surface area (Å²) in [6.07, 6.45) is 3.79. The lowest BCUT2D eigenvalue weighted by Gasteiger charge is -2.11. The highest BCUT2D eigenvalue weighted by Gasteiger charge is 2.02. The summed E-state index contributed by atoms with van der Waals surface area (Å²) in [7, 11) is 11.3. The second-order valence-electron chi connectivity index (χ2n) is 4.66. The van der Waals surface area contributed by atoms with Gasteiger partial charge in [0.25, 0.3) is 0 Å². The van der Waals surface area contributed by atoms with Crippen molar-refractivity contribution in [2.45, 2.75) is 9.79 Å². The maximum Gasteiger partial charge on any atom is 0.128 e. The van der Waals surface area contributed by atoms with Gasteiger partial charge >= 0.3 is 0 Å². The van der Waals surface area contributed by atoms with E-state index < -0.39 is 0 Å². The Hall–Kier alpha value is -1.40. The summed E-state index contributed by atoms with van der Waals surface area (Å²) >= 11 is 0. The van der Waals surface area contributed by atoms with Crippen molar-refractivity contribution in [3.05, 3.63) is 36.7 Å². The smallest absolute Gasteiger partial charge is 0.128 e. The minimum absolute atomic E-state index is 0.969. The normalized spacial score (nSPS) is 10.4. The zero-order valence-corrected chi connectivity index (χ0v) is 13.7. The van der Waals surface area contributed by atoms with E-state index in [0.717, 1.165) is 21.4 Å². The zero-order valence-electron chi connectivity index (χ0n) is 12.1. The van der Waals surface area contributed by atoms with Crippen molar-refractivity contribution in [3.8, 4) is 0 Å². The van der Waals surface area contributed by atoms with E-state index in [1.165, 1.54) is 0 Å². The van der Waals surface area contributed by atoms with Gasteiger partial charge in [0.1, 0.15) is 11.6 Å². The van der Waals surface area contributed by atoms with Crippen molar-refractivity contribution in [1.29, 1.82) is 0 Å². The number of rotatable bonds is 5. The van der Waals surface area contributed by atoms with Crippen LogP contribution in [0.15, 0.2) is 46.5 Å². The maximum atomic E-state index is 4.40. The number of hydrogen-bond acceptors (Lipinski definition) is 6. The van der Waals surface area contributed by atoms with E-state index in [1.807, 2.05) is 62.5 Å². The Morgan fingerprint density at radius 1 is 0.700 bits per heavy atom. The van der Waals surface area contributed by atoms with Crippen LogP contribution in [0, 0.1) is 0 Å². The first-order valence-electron chi connectivity index (χ1n) is 6.17. The first-order valence-corrected chi connectivity index (χ1v) is 8.32. The molecule has 4 nitrogen and oxygen atoms in total. The molecule has 0 fully saturated rings. The molecule has 2 heterocycles. The fourth-order valence-electron chi connectivity index (χ4n) is 1.47. The number of aromatic nitrogens is 2. The van der Waals surface area contributed by atoms with Gasteiger partial charge in [-0.1, -0.05) is 21.6 Å². The lowest BCUT2D eigenvalue weighted by molar-refractivity contribution is 1.05. The topological polar surface area (TPSA) is 32.3 Å². The molecule has 20 heavy (non-hydrogen) atoms. The van der Waals surface area contributed by atoms with Crippen molar-refractivity contribution in [1.82, 2.24) is 9.97 Å². The van der Waals surface area contributed by atoms with Gasteiger partial charge in [0.15, 0.2) is 0 Å². The van der Waals surface area contributed by atoms with Crippen LogP contribution in [-0.4, -0.2) is 38.2 Å². The molecule has 6 heteroatoms. The van der Waals surface area contributed by atoms with E-state index in [0.29, 0.717) is 0 Å². The van der Waals surface area contributed by atoms with Crippen LogP contribution in [0.2, 0.25) is 0 Å². The Bertz CT molecular complexity index is 487. The fraction of sp³-hybridized carbons (Fsp3) is 0.286. The summed E-state index contributed by atoms with van der Waals surface area (Å²) in [6, 6.07) is 8.22. The molecular formula is C14H18N4S2. The van der Waals surface area contributed by atoms with Gasteiger partial charge in [0.2, 0.25) is 0 Å². The van der Waals surface area contributed by atoms with Crippen molar-refractivity contribution in [3.63, 3.8) is 0 Å². The molecular weight excluding hydrogens is 288 g/mol. The Labute approximate surface area is 128 Å². The van der Waals surface area contributed by atoms with E-state index in [4.69, 9.17) is 0 Å². The molecule has 106 valence electrons. The second kappa shape index (κ2) is 6.85. The number of anilines is 2. The lowest BCUT2D eigenvalue weighted by atomic mass is 10.4. The Balaban J connectivity index is 1.94. The number of hydrogen-bond donors (Lipinski definition) is 0. The monoisotopic (exact) mass is 306 g/mol. The van der Waals surface area contributed by atoms with Crippen molar-refractivity contribution in [2.24, 2.45) is 0 Å². The third-order valence-electron chi connectivity index (χ3n) is 2.59. The minimum Gasteiger partial charge on any atom is -0.363 e. The predicted molar refractivity (Wildman–Crippen MR) is 88.8 cm³/mol. The first-order chi connectivity index (χ1) is 9.56. The van der Waals surface area contributed by atoms with Crippen LogP contribution in [0.25, 0.3) is 0 Å². The standard InChI is InChI=1S/C14H18N4S2/c1-17(2)13-7-5-11(9-15-13)19-20-12-6-8-14(16-10-12)18(3)4/h5-10H,1-4H3. The van der Waals surface area contributed by atoms with Crippen LogP contribution in [0.1, 0.15) is 0 Å². The summed E-state index contributed by atoms with van der Waals surface area (Å²) < 4.78 is 0. The van der Waals surface area contributed by atoms with Crippen molar-refractivity contribution in [2.75, 3.05) is 38.0 Å². The summed E-state index contributed by atoms with van der Waals surface area (Å²) in [6.45, 7) is 0. The second-order valence-corrected chi connectivity index (χ2v) is 6.94. The minimum atomic E-state index is 0.969. The van der Waals surface area contributed by atoms with E-state index in [2.05, 4.69) is 22.1 Å². The van der Waals surface area contributed by atoms with E-state index >= 15 is 0 Å². The molecule has 0 aliphatic carbocycles. The molecule has 2 rings (SSSR count). The van der Waals surface area contributed by atoms with Gasteiger partial charge < -0.3 is 9.80 Å². The molecule has 0 radical (unpaired) electrons. The van der Waals surface area contributed by atoms with E-state index in [9.17, 15) is 0 Å². The molecule has 0 saturated carbocycles. The van der Waals surface area contributed by atoms with Gasteiger partial charge in [-0.05, 0) is 24.3 Å². The summed E-state index contributed by atoms with van der Waals surface area (Å²) in [5.41, 5.74) is 0. The van der Waals surface area contributed by atoms with Gasteiger partial charge in [-0.3, -0.25) is 0 Å². The average Bonchev–Trinajstić information content (AvgIpc) is 2.46.